The number of rotatable bonds is 3. The molecule has 1 aromatic rings. The summed E-state index contributed by atoms with van der Waals surface area (Å²) in [6.07, 6.45) is 2.34. The second kappa shape index (κ2) is 5.38. The first-order valence-corrected chi connectivity index (χ1v) is 7.59. The number of phenols is 1. The van der Waals surface area contributed by atoms with Gasteiger partial charge in [-0.3, -0.25) is 4.90 Å². The highest BCUT2D eigenvalue weighted by atomic mass is 79.9. The summed E-state index contributed by atoms with van der Waals surface area (Å²) in [6.45, 7) is 3.82. The van der Waals surface area contributed by atoms with Crippen molar-refractivity contribution < 1.29 is 9.50 Å². The molecule has 2 N–H and O–H groups in total. The van der Waals surface area contributed by atoms with E-state index in [1.807, 2.05) is 0 Å². The molecule has 1 atom stereocenters. The van der Waals surface area contributed by atoms with Crippen molar-refractivity contribution in [3.63, 3.8) is 0 Å². The Bertz CT molecular complexity index is 473. The van der Waals surface area contributed by atoms with Crippen molar-refractivity contribution >= 4 is 15.9 Å². The van der Waals surface area contributed by atoms with E-state index < -0.39 is 0 Å². The monoisotopic (exact) mass is 328 g/mol. The van der Waals surface area contributed by atoms with E-state index in [-0.39, 0.29) is 17.6 Å². The van der Waals surface area contributed by atoms with Gasteiger partial charge >= 0.3 is 0 Å². The van der Waals surface area contributed by atoms with Crippen LogP contribution in [-0.2, 0) is 0 Å². The van der Waals surface area contributed by atoms with E-state index in [1.165, 1.54) is 25.0 Å². The van der Waals surface area contributed by atoms with Crippen LogP contribution in [0.3, 0.4) is 0 Å². The Kier molecular flexibility index (Phi) is 3.78. The average molecular weight is 329 g/mol. The van der Waals surface area contributed by atoms with Gasteiger partial charge in [0.05, 0.1) is 4.47 Å². The molecule has 104 valence electrons. The minimum absolute atomic E-state index is 0.147. The maximum absolute atomic E-state index is 13.6. The van der Waals surface area contributed by atoms with Crippen LogP contribution in [0.4, 0.5) is 4.39 Å². The Hall–Kier alpha value is -0.650. The van der Waals surface area contributed by atoms with Crippen LogP contribution in [0.25, 0.3) is 0 Å². The third kappa shape index (κ3) is 2.78. The molecule has 1 aliphatic heterocycles. The minimum Gasteiger partial charge on any atom is -0.506 e. The van der Waals surface area contributed by atoms with Gasteiger partial charge in [-0.15, -0.1) is 0 Å². The van der Waals surface area contributed by atoms with Crippen LogP contribution in [0.5, 0.6) is 5.75 Å². The number of phenolic OH excluding ortho intramolecular Hbond substituents is 1. The van der Waals surface area contributed by atoms with E-state index in [2.05, 4.69) is 26.1 Å². The van der Waals surface area contributed by atoms with E-state index in [1.54, 1.807) is 0 Å². The van der Waals surface area contributed by atoms with Crippen LogP contribution < -0.4 is 5.32 Å². The minimum atomic E-state index is -0.291. The third-order valence-electron chi connectivity index (χ3n) is 3.99. The van der Waals surface area contributed by atoms with Crippen molar-refractivity contribution in [3.05, 3.63) is 28.0 Å². The molecule has 3 nitrogen and oxygen atoms in total. The molecule has 0 radical (unpaired) electrons. The fourth-order valence-corrected chi connectivity index (χ4v) is 3.38. The lowest BCUT2D eigenvalue weighted by molar-refractivity contribution is 0.153. The molecule has 2 fully saturated rings. The van der Waals surface area contributed by atoms with Crippen LogP contribution in [-0.4, -0.2) is 36.2 Å². The van der Waals surface area contributed by atoms with Crippen LogP contribution >= 0.6 is 15.9 Å². The molecule has 0 spiro atoms. The predicted octanol–water partition coefficient (Wildman–Crippen LogP) is 2.65. The van der Waals surface area contributed by atoms with Gasteiger partial charge in [0.1, 0.15) is 11.6 Å². The summed E-state index contributed by atoms with van der Waals surface area (Å²) in [5.41, 5.74) is 0.733. The molecule has 1 aliphatic carbocycles. The second-order valence-corrected chi connectivity index (χ2v) is 6.25. The van der Waals surface area contributed by atoms with Gasteiger partial charge in [0, 0.05) is 37.8 Å². The van der Waals surface area contributed by atoms with Gasteiger partial charge in [-0.25, -0.2) is 4.39 Å². The van der Waals surface area contributed by atoms with Crippen molar-refractivity contribution in [1.29, 1.82) is 0 Å². The van der Waals surface area contributed by atoms with Crippen molar-refractivity contribution in [1.82, 2.24) is 10.2 Å². The SMILES string of the molecule is Oc1c(Br)cc(F)cc1[C@H](C1CC1)N1CCNCC1. The molecule has 1 heterocycles. The third-order valence-corrected chi connectivity index (χ3v) is 4.59. The smallest absolute Gasteiger partial charge is 0.134 e. The summed E-state index contributed by atoms with van der Waals surface area (Å²) in [7, 11) is 0. The Balaban J connectivity index is 1.95. The quantitative estimate of drug-likeness (QED) is 0.895. The number of benzene rings is 1. The number of hydrogen-bond acceptors (Lipinski definition) is 3. The Labute approximate surface area is 120 Å². The molecule has 0 bridgehead atoms. The zero-order valence-electron chi connectivity index (χ0n) is 10.7. The molecule has 0 unspecified atom stereocenters. The number of piperazine rings is 1. The lowest BCUT2D eigenvalue weighted by atomic mass is 9.98. The van der Waals surface area contributed by atoms with Crippen LogP contribution in [0.2, 0.25) is 0 Å². The van der Waals surface area contributed by atoms with E-state index in [9.17, 15) is 9.50 Å². The van der Waals surface area contributed by atoms with Crippen LogP contribution in [0.15, 0.2) is 16.6 Å². The number of nitrogens with one attached hydrogen (secondary N) is 1. The summed E-state index contributed by atoms with van der Waals surface area (Å²) in [5, 5.41) is 13.6. The fraction of sp³-hybridized carbons (Fsp3) is 0.571. The van der Waals surface area contributed by atoms with Gasteiger partial charge in [-0.05, 0) is 46.8 Å². The molecule has 3 rings (SSSR count). The summed E-state index contributed by atoms with van der Waals surface area (Å²) in [4.78, 5) is 2.37. The lowest BCUT2D eigenvalue weighted by Gasteiger charge is -2.35. The first-order chi connectivity index (χ1) is 9.16. The topological polar surface area (TPSA) is 35.5 Å². The summed E-state index contributed by atoms with van der Waals surface area (Å²) in [5.74, 6) is 0.454. The molecular formula is C14H18BrFN2O. The predicted molar refractivity (Wildman–Crippen MR) is 75.7 cm³/mol. The van der Waals surface area contributed by atoms with Gasteiger partial charge in [0.25, 0.3) is 0 Å². The largest absolute Gasteiger partial charge is 0.506 e. The molecule has 1 aromatic carbocycles. The average Bonchev–Trinajstić information content (AvgIpc) is 3.21. The van der Waals surface area contributed by atoms with Crippen LogP contribution in [0, 0.1) is 11.7 Å². The fourth-order valence-electron chi connectivity index (χ4n) is 2.93. The summed E-state index contributed by atoms with van der Waals surface area (Å²) < 4.78 is 14.1. The standard InChI is InChI=1S/C14H18BrFN2O/c15-12-8-10(16)7-11(14(12)19)13(9-1-2-9)18-5-3-17-4-6-18/h7-9,13,17,19H,1-6H2/t13-/m0/s1. The molecule has 5 heteroatoms. The Morgan fingerprint density at radius 2 is 2.00 bits per heavy atom. The van der Waals surface area contributed by atoms with Gasteiger partial charge in [0.2, 0.25) is 0 Å². The number of aromatic hydroxyl groups is 1. The van der Waals surface area contributed by atoms with E-state index in [0.717, 1.165) is 31.7 Å². The summed E-state index contributed by atoms with van der Waals surface area (Å²) in [6, 6.07) is 2.96. The van der Waals surface area contributed by atoms with Gasteiger partial charge < -0.3 is 10.4 Å². The van der Waals surface area contributed by atoms with Crippen molar-refractivity contribution in [2.75, 3.05) is 26.2 Å². The normalized spacial score (nSPS) is 22.4. The van der Waals surface area contributed by atoms with Gasteiger partial charge in [-0.2, -0.15) is 0 Å². The molecule has 2 aliphatic rings. The number of nitrogens with zero attached hydrogens (tertiary/aromatic N) is 1. The lowest BCUT2D eigenvalue weighted by Crippen LogP contribution is -2.45. The summed E-state index contributed by atoms with van der Waals surface area (Å²) >= 11 is 3.24. The van der Waals surface area contributed by atoms with E-state index in [0.29, 0.717) is 10.4 Å². The van der Waals surface area contributed by atoms with Gasteiger partial charge in [0.15, 0.2) is 0 Å². The first kappa shape index (κ1) is 13.3. The zero-order chi connectivity index (χ0) is 13.4. The first-order valence-electron chi connectivity index (χ1n) is 6.79. The van der Waals surface area contributed by atoms with Crippen molar-refractivity contribution in [2.24, 2.45) is 5.92 Å². The van der Waals surface area contributed by atoms with Crippen LogP contribution in [0.1, 0.15) is 24.4 Å². The molecule has 0 aromatic heterocycles. The van der Waals surface area contributed by atoms with Crippen molar-refractivity contribution in [3.8, 4) is 5.75 Å². The highest BCUT2D eigenvalue weighted by molar-refractivity contribution is 9.10. The maximum atomic E-state index is 13.6. The number of hydrogen-bond donors (Lipinski definition) is 2. The molecule has 1 saturated carbocycles. The molecule has 19 heavy (non-hydrogen) atoms. The molecule has 0 amide bonds. The van der Waals surface area contributed by atoms with E-state index in [4.69, 9.17) is 0 Å². The molecular weight excluding hydrogens is 311 g/mol. The van der Waals surface area contributed by atoms with Crippen molar-refractivity contribution in [2.45, 2.75) is 18.9 Å². The highest BCUT2D eigenvalue weighted by Crippen LogP contribution is 2.48. The van der Waals surface area contributed by atoms with Gasteiger partial charge in [-0.1, -0.05) is 0 Å². The second-order valence-electron chi connectivity index (χ2n) is 5.39. The number of halogens is 2. The zero-order valence-corrected chi connectivity index (χ0v) is 12.3. The maximum Gasteiger partial charge on any atom is 0.134 e. The van der Waals surface area contributed by atoms with E-state index >= 15 is 0 Å². The molecule has 1 saturated heterocycles. The Morgan fingerprint density at radius 1 is 1.32 bits per heavy atom. The Morgan fingerprint density at radius 3 is 2.63 bits per heavy atom. The highest BCUT2D eigenvalue weighted by Gasteiger charge is 2.38.